The molecule has 1 fully saturated rings. The monoisotopic (exact) mass is 289 g/mol. The molecule has 0 saturated carbocycles. The van der Waals surface area contributed by atoms with Crippen LogP contribution in [-0.4, -0.2) is 41.7 Å². The van der Waals surface area contributed by atoms with Crippen molar-refractivity contribution < 1.29 is 4.42 Å². The molecule has 21 heavy (non-hydrogen) atoms. The second-order valence-electron chi connectivity index (χ2n) is 5.67. The molecule has 0 radical (unpaired) electrons. The van der Waals surface area contributed by atoms with Gasteiger partial charge in [-0.2, -0.15) is 0 Å². The second-order valence-corrected chi connectivity index (χ2v) is 5.67. The van der Waals surface area contributed by atoms with Crippen molar-refractivity contribution in [2.24, 2.45) is 0 Å². The fourth-order valence-corrected chi connectivity index (χ4v) is 3.17. The lowest BCUT2D eigenvalue weighted by Crippen LogP contribution is -2.40. The summed E-state index contributed by atoms with van der Waals surface area (Å²) < 4.78 is 7.04. The van der Waals surface area contributed by atoms with Gasteiger partial charge in [0, 0.05) is 25.7 Å². The molecule has 0 aliphatic carbocycles. The maximum absolute atomic E-state index is 12.0. The smallest absolute Gasteiger partial charge is 0.408 e. The van der Waals surface area contributed by atoms with Crippen LogP contribution in [0.2, 0.25) is 0 Å². The molecule has 0 spiro atoms. The van der Waals surface area contributed by atoms with Crippen molar-refractivity contribution in [3.63, 3.8) is 0 Å². The Balaban J connectivity index is 1.75. The molecule has 3 rings (SSSR count). The molecule has 1 aromatic heterocycles. The van der Waals surface area contributed by atoms with Crippen LogP contribution >= 0.6 is 0 Å². The molecule has 1 N–H and O–H groups in total. The van der Waals surface area contributed by atoms with E-state index in [1.165, 1.54) is 6.42 Å². The quantitative estimate of drug-likeness (QED) is 0.879. The van der Waals surface area contributed by atoms with Crippen LogP contribution in [0.25, 0.3) is 11.1 Å². The van der Waals surface area contributed by atoms with Crippen molar-refractivity contribution in [1.82, 2.24) is 14.8 Å². The summed E-state index contributed by atoms with van der Waals surface area (Å²) in [4.78, 5) is 14.5. The van der Waals surface area contributed by atoms with Crippen molar-refractivity contribution in [3.8, 4) is 0 Å². The molecule has 1 aromatic carbocycles. The van der Waals surface area contributed by atoms with Gasteiger partial charge in [0.25, 0.3) is 0 Å². The Morgan fingerprint density at radius 2 is 2.24 bits per heavy atom. The minimum atomic E-state index is -0.253. The Bertz CT molecular complexity index is 640. The average Bonchev–Trinajstić information content (AvgIpc) is 3.11. The summed E-state index contributed by atoms with van der Waals surface area (Å²) in [6, 6.07) is 8.22. The summed E-state index contributed by atoms with van der Waals surface area (Å²) in [6.07, 6.45) is 2.33. The number of nitrogens with zero attached hydrogens (tertiary/aromatic N) is 2. The van der Waals surface area contributed by atoms with Crippen molar-refractivity contribution in [2.45, 2.75) is 32.4 Å². The minimum absolute atomic E-state index is 0.253. The highest BCUT2D eigenvalue weighted by Crippen LogP contribution is 2.13. The molecule has 0 bridgehead atoms. The van der Waals surface area contributed by atoms with E-state index in [1.54, 1.807) is 4.57 Å². The Labute approximate surface area is 124 Å². The van der Waals surface area contributed by atoms with E-state index in [0.29, 0.717) is 18.2 Å². The Morgan fingerprint density at radius 3 is 3.00 bits per heavy atom. The zero-order chi connectivity index (χ0) is 14.7. The maximum Gasteiger partial charge on any atom is 0.419 e. The summed E-state index contributed by atoms with van der Waals surface area (Å²) in [5.41, 5.74) is 1.57. The van der Waals surface area contributed by atoms with Gasteiger partial charge < -0.3 is 9.73 Å². The van der Waals surface area contributed by atoms with Crippen LogP contribution in [0.1, 0.15) is 19.8 Å². The molecule has 0 amide bonds. The number of benzene rings is 1. The molecule has 1 unspecified atom stereocenters. The number of para-hydroxylation sites is 2. The van der Waals surface area contributed by atoms with Gasteiger partial charge >= 0.3 is 5.76 Å². The van der Waals surface area contributed by atoms with E-state index in [1.807, 2.05) is 24.3 Å². The highest BCUT2D eigenvalue weighted by Gasteiger charge is 2.21. The number of hydrogen-bond acceptors (Lipinski definition) is 4. The first-order chi connectivity index (χ1) is 10.3. The van der Waals surface area contributed by atoms with Crippen LogP contribution in [0.3, 0.4) is 0 Å². The van der Waals surface area contributed by atoms with Gasteiger partial charge in [0.2, 0.25) is 0 Å². The van der Waals surface area contributed by atoms with Gasteiger partial charge in [-0.05, 0) is 38.1 Å². The van der Waals surface area contributed by atoms with Crippen LogP contribution in [0.4, 0.5) is 0 Å². The first-order valence-corrected chi connectivity index (χ1v) is 7.82. The fraction of sp³-hybridized carbons (Fsp3) is 0.562. The van der Waals surface area contributed by atoms with Crippen molar-refractivity contribution in [2.75, 3.05) is 26.2 Å². The van der Waals surface area contributed by atoms with E-state index < -0.39 is 0 Å². The third kappa shape index (κ3) is 3.04. The number of nitrogens with one attached hydrogen (secondary N) is 1. The van der Waals surface area contributed by atoms with Crippen LogP contribution < -0.4 is 11.1 Å². The third-order valence-corrected chi connectivity index (χ3v) is 4.25. The van der Waals surface area contributed by atoms with Gasteiger partial charge in [-0.1, -0.05) is 19.1 Å². The van der Waals surface area contributed by atoms with E-state index >= 15 is 0 Å². The third-order valence-electron chi connectivity index (χ3n) is 4.25. The minimum Gasteiger partial charge on any atom is -0.408 e. The first kappa shape index (κ1) is 14.4. The van der Waals surface area contributed by atoms with Crippen molar-refractivity contribution >= 4 is 11.1 Å². The lowest BCUT2D eigenvalue weighted by atomic mass is 10.2. The molecule has 114 valence electrons. The summed E-state index contributed by atoms with van der Waals surface area (Å²) in [7, 11) is 0. The molecule has 1 aliphatic heterocycles. The van der Waals surface area contributed by atoms with Crippen LogP contribution in [0, 0.1) is 0 Å². The Kier molecular flexibility index (Phi) is 4.41. The summed E-state index contributed by atoms with van der Waals surface area (Å²) in [5, 5.41) is 3.42. The summed E-state index contributed by atoms with van der Waals surface area (Å²) in [6.45, 7) is 7.02. The van der Waals surface area contributed by atoms with E-state index in [-0.39, 0.29) is 5.76 Å². The standard InChI is InChI=1S/C16H23N3O2/c1-2-9-18(13-7-8-17-12-13)10-11-19-14-5-3-4-6-15(14)21-16(19)20/h3-6,13,17H,2,7-12H2,1H3. The number of fused-ring (bicyclic) bond motifs is 1. The molecule has 1 saturated heterocycles. The fourth-order valence-electron chi connectivity index (χ4n) is 3.17. The van der Waals surface area contributed by atoms with E-state index in [0.717, 1.165) is 38.1 Å². The van der Waals surface area contributed by atoms with Gasteiger partial charge in [-0.15, -0.1) is 0 Å². The molecule has 5 nitrogen and oxygen atoms in total. The number of hydrogen-bond donors (Lipinski definition) is 1. The lowest BCUT2D eigenvalue weighted by Gasteiger charge is -2.27. The predicted octanol–water partition coefficient (Wildman–Crippen LogP) is 1.67. The van der Waals surface area contributed by atoms with Gasteiger partial charge in [0.1, 0.15) is 0 Å². The highest BCUT2D eigenvalue weighted by atomic mass is 16.4. The number of oxazole rings is 1. The first-order valence-electron chi connectivity index (χ1n) is 7.82. The van der Waals surface area contributed by atoms with E-state index in [2.05, 4.69) is 17.1 Å². The molecule has 2 aromatic rings. The molecule has 5 heteroatoms. The Morgan fingerprint density at radius 1 is 1.38 bits per heavy atom. The second kappa shape index (κ2) is 6.45. The predicted molar refractivity (Wildman–Crippen MR) is 83.6 cm³/mol. The topological polar surface area (TPSA) is 50.4 Å². The van der Waals surface area contributed by atoms with E-state index in [9.17, 15) is 4.79 Å². The molecule has 1 atom stereocenters. The van der Waals surface area contributed by atoms with Gasteiger partial charge in [0.15, 0.2) is 5.58 Å². The normalized spacial score (nSPS) is 18.9. The SMILES string of the molecule is CCCN(CCn1c(=O)oc2ccccc21)C1CCNC1. The van der Waals surface area contributed by atoms with Crippen LogP contribution in [0.15, 0.2) is 33.5 Å². The van der Waals surface area contributed by atoms with Gasteiger partial charge in [-0.3, -0.25) is 9.47 Å². The summed E-state index contributed by atoms with van der Waals surface area (Å²) in [5.74, 6) is -0.253. The zero-order valence-corrected chi connectivity index (χ0v) is 12.5. The van der Waals surface area contributed by atoms with Crippen molar-refractivity contribution in [3.05, 3.63) is 34.8 Å². The number of rotatable bonds is 6. The van der Waals surface area contributed by atoms with Gasteiger partial charge in [0.05, 0.1) is 5.52 Å². The van der Waals surface area contributed by atoms with Crippen LogP contribution in [0.5, 0.6) is 0 Å². The summed E-state index contributed by atoms with van der Waals surface area (Å²) >= 11 is 0. The van der Waals surface area contributed by atoms with Gasteiger partial charge in [-0.25, -0.2) is 4.79 Å². The molecule has 2 heterocycles. The van der Waals surface area contributed by atoms with E-state index in [4.69, 9.17) is 4.42 Å². The highest BCUT2D eigenvalue weighted by molar-refractivity contribution is 5.72. The zero-order valence-electron chi connectivity index (χ0n) is 12.5. The van der Waals surface area contributed by atoms with Crippen LogP contribution in [-0.2, 0) is 6.54 Å². The number of aromatic nitrogens is 1. The molecular formula is C16H23N3O2. The lowest BCUT2D eigenvalue weighted by molar-refractivity contribution is 0.199. The maximum atomic E-state index is 12.0. The molecular weight excluding hydrogens is 266 g/mol. The molecule has 1 aliphatic rings. The average molecular weight is 289 g/mol. The largest absolute Gasteiger partial charge is 0.419 e. The Hall–Kier alpha value is -1.59. The van der Waals surface area contributed by atoms with Crippen molar-refractivity contribution in [1.29, 1.82) is 0 Å².